The van der Waals surface area contributed by atoms with Crippen molar-refractivity contribution in [3.05, 3.63) is 65.9 Å². The van der Waals surface area contributed by atoms with Gasteiger partial charge in [-0.1, -0.05) is 0 Å². The minimum Gasteiger partial charge on any atom is -0.497 e. The summed E-state index contributed by atoms with van der Waals surface area (Å²) in [5.74, 6) is 2.28. The number of methoxy groups -OCH3 is 2. The lowest BCUT2D eigenvalue weighted by molar-refractivity contribution is -0.132. The van der Waals surface area contributed by atoms with Gasteiger partial charge in [0.15, 0.2) is 11.7 Å². The summed E-state index contributed by atoms with van der Waals surface area (Å²) in [6.45, 7) is 0.705. The third kappa shape index (κ3) is 4.55. The van der Waals surface area contributed by atoms with Gasteiger partial charge in [0.25, 0.3) is 0 Å². The van der Waals surface area contributed by atoms with Gasteiger partial charge in [-0.25, -0.2) is 9.37 Å². The van der Waals surface area contributed by atoms with E-state index in [4.69, 9.17) is 13.9 Å². The van der Waals surface area contributed by atoms with Crippen molar-refractivity contribution < 1.29 is 23.1 Å². The van der Waals surface area contributed by atoms with Gasteiger partial charge >= 0.3 is 0 Å². The minimum atomic E-state index is -0.304. The molecule has 7 heteroatoms. The van der Waals surface area contributed by atoms with Crippen molar-refractivity contribution in [3.8, 4) is 22.8 Å². The molecule has 1 unspecified atom stereocenters. The number of benzene rings is 2. The van der Waals surface area contributed by atoms with E-state index in [9.17, 15) is 9.18 Å². The number of rotatable bonds is 7. The van der Waals surface area contributed by atoms with E-state index < -0.39 is 0 Å². The van der Waals surface area contributed by atoms with Crippen LogP contribution < -0.4 is 9.47 Å². The highest BCUT2D eigenvalue weighted by Gasteiger charge is 2.32. The molecule has 0 aliphatic carbocycles. The number of aryl methyl sites for hydroxylation is 1. The monoisotopic (exact) mass is 424 g/mol. The van der Waals surface area contributed by atoms with Crippen molar-refractivity contribution in [2.75, 3.05) is 20.8 Å². The first kappa shape index (κ1) is 20.9. The molecule has 31 heavy (non-hydrogen) atoms. The number of nitrogens with zero attached hydrogens (tertiary/aromatic N) is 2. The molecule has 0 radical (unpaired) electrons. The van der Waals surface area contributed by atoms with Gasteiger partial charge in [0.05, 0.1) is 26.5 Å². The van der Waals surface area contributed by atoms with Gasteiger partial charge in [-0.3, -0.25) is 4.79 Å². The lowest BCUT2D eigenvalue weighted by Crippen LogP contribution is -2.31. The smallest absolute Gasteiger partial charge is 0.223 e. The largest absolute Gasteiger partial charge is 0.497 e. The molecule has 1 aliphatic rings. The predicted octanol–water partition coefficient (Wildman–Crippen LogP) is 4.79. The zero-order valence-electron chi connectivity index (χ0n) is 17.6. The topological polar surface area (TPSA) is 64.8 Å². The standard InChI is InChI=1S/C24H25FN2O4/c1-29-18-9-10-21(30-2)19(14-18)20-4-3-13-27(20)24(28)12-11-23-26-15-22(31-23)16-5-7-17(25)8-6-16/h5-10,14-15,20H,3-4,11-13H2,1-2H3. The van der Waals surface area contributed by atoms with Crippen molar-refractivity contribution in [1.29, 1.82) is 0 Å². The van der Waals surface area contributed by atoms with E-state index in [0.29, 0.717) is 31.0 Å². The first-order valence-corrected chi connectivity index (χ1v) is 10.3. The van der Waals surface area contributed by atoms with Crippen LogP contribution in [0.1, 0.15) is 36.8 Å². The maximum absolute atomic E-state index is 13.1. The van der Waals surface area contributed by atoms with Crippen molar-refractivity contribution in [3.63, 3.8) is 0 Å². The molecule has 2 aromatic carbocycles. The molecule has 1 aliphatic heterocycles. The van der Waals surface area contributed by atoms with Gasteiger partial charge in [-0.15, -0.1) is 0 Å². The Morgan fingerprint density at radius 3 is 2.74 bits per heavy atom. The molecule has 2 heterocycles. The van der Waals surface area contributed by atoms with Gasteiger partial charge in [-0.2, -0.15) is 0 Å². The van der Waals surface area contributed by atoms with Crippen molar-refractivity contribution >= 4 is 5.91 Å². The predicted molar refractivity (Wildman–Crippen MR) is 113 cm³/mol. The Morgan fingerprint density at radius 1 is 1.19 bits per heavy atom. The van der Waals surface area contributed by atoms with E-state index in [2.05, 4.69) is 4.98 Å². The highest BCUT2D eigenvalue weighted by Crippen LogP contribution is 2.39. The fraction of sp³-hybridized carbons (Fsp3) is 0.333. The Bertz CT molecular complexity index is 1050. The molecule has 1 atom stereocenters. The number of carbonyl (C=O) groups excluding carboxylic acids is 1. The summed E-state index contributed by atoms with van der Waals surface area (Å²) in [4.78, 5) is 19.2. The lowest BCUT2D eigenvalue weighted by Gasteiger charge is -2.26. The summed E-state index contributed by atoms with van der Waals surface area (Å²) >= 11 is 0. The fourth-order valence-corrected chi connectivity index (χ4v) is 4.02. The van der Waals surface area contributed by atoms with Crippen molar-refractivity contribution in [1.82, 2.24) is 9.88 Å². The number of amides is 1. The van der Waals surface area contributed by atoms with Gasteiger partial charge in [-0.05, 0) is 55.3 Å². The van der Waals surface area contributed by atoms with Crippen molar-refractivity contribution in [2.24, 2.45) is 0 Å². The van der Waals surface area contributed by atoms with Crippen molar-refractivity contribution in [2.45, 2.75) is 31.7 Å². The third-order valence-corrected chi connectivity index (χ3v) is 5.60. The molecule has 0 bridgehead atoms. The van der Waals surface area contributed by atoms with Crippen LogP contribution in [-0.2, 0) is 11.2 Å². The van der Waals surface area contributed by atoms with Crippen LogP contribution in [-0.4, -0.2) is 36.6 Å². The van der Waals surface area contributed by atoms with E-state index in [1.165, 1.54) is 12.1 Å². The number of ether oxygens (including phenoxy) is 2. The van der Waals surface area contributed by atoms with Crippen LogP contribution in [0.5, 0.6) is 11.5 Å². The summed E-state index contributed by atoms with van der Waals surface area (Å²) in [6, 6.07) is 11.7. The lowest BCUT2D eigenvalue weighted by atomic mass is 10.0. The Balaban J connectivity index is 1.43. The van der Waals surface area contributed by atoms with Crippen LogP contribution in [0.25, 0.3) is 11.3 Å². The SMILES string of the molecule is COc1ccc(OC)c(C2CCCN2C(=O)CCc2ncc(-c3ccc(F)cc3)o2)c1. The van der Waals surface area contributed by atoms with Crippen LogP contribution in [0, 0.1) is 5.82 Å². The first-order chi connectivity index (χ1) is 15.1. The summed E-state index contributed by atoms with van der Waals surface area (Å²) in [7, 11) is 3.26. The number of halogens is 1. The average Bonchev–Trinajstić information content (AvgIpc) is 3.47. The summed E-state index contributed by atoms with van der Waals surface area (Å²) in [6.07, 6.45) is 4.12. The molecular formula is C24H25FN2O4. The molecule has 0 saturated carbocycles. The number of carbonyl (C=O) groups is 1. The summed E-state index contributed by atoms with van der Waals surface area (Å²) in [5.41, 5.74) is 1.71. The van der Waals surface area contributed by atoms with E-state index in [1.54, 1.807) is 32.5 Å². The van der Waals surface area contributed by atoms with Gasteiger partial charge < -0.3 is 18.8 Å². The second-order valence-electron chi connectivity index (χ2n) is 7.48. The second-order valence-corrected chi connectivity index (χ2v) is 7.48. The van der Waals surface area contributed by atoms with E-state index in [-0.39, 0.29) is 17.8 Å². The van der Waals surface area contributed by atoms with Gasteiger partial charge in [0.1, 0.15) is 17.3 Å². The molecule has 0 spiro atoms. The van der Waals surface area contributed by atoms with Gasteiger partial charge in [0.2, 0.25) is 5.91 Å². The van der Waals surface area contributed by atoms with Crippen LogP contribution in [0.4, 0.5) is 4.39 Å². The Hall–Kier alpha value is -3.35. The maximum atomic E-state index is 13.1. The second kappa shape index (κ2) is 9.20. The van der Waals surface area contributed by atoms with Crippen LogP contribution in [0.15, 0.2) is 53.1 Å². The normalized spacial score (nSPS) is 15.8. The highest BCUT2D eigenvalue weighted by molar-refractivity contribution is 5.77. The fourth-order valence-electron chi connectivity index (χ4n) is 4.02. The van der Waals surface area contributed by atoms with E-state index in [0.717, 1.165) is 35.5 Å². The first-order valence-electron chi connectivity index (χ1n) is 10.3. The quantitative estimate of drug-likeness (QED) is 0.545. The zero-order valence-corrected chi connectivity index (χ0v) is 17.6. The number of aromatic nitrogens is 1. The van der Waals surface area contributed by atoms with Crippen LogP contribution in [0.2, 0.25) is 0 Å². The Labute approximate surface area is 180 Å². The molecule has 162 valence electrons. The van der Waals surface area contributed by atoms with Gasteiger partial charge in [0, 0.05) is 30.5 Å². The molecule has 1 fully saturated rings. The number of hydrogen-bond acceptors (Lipinski definition) is 5. The zero-order chi connectivity index (χ0) is 21.8. The van der Waals surface area contributed by atoms with E-state index in [1.807, 2.05) is 23.1 Å². The number of likely N-dealkylation sites (tertiary alicyclic amines) is 1. The van der Waals surface area contributed by atoms with Crippen LogP contribution in [0.3, 0.4) is 0 Å². The molecular weight excluding hydrogens is 399 g/mol. The molecule has 0 N–H and O–H groups in total. The molecule has 1 saturated heterocycles. The third-order valence-electron chi connectivity index (χ3n) is 5.60. The van der Waals surface area contributed by atoms with Crippen LogP contribution >= 0.6 is 0 Å². The molecule has 1 aromatic heterocycles. The molecule has 6 nitrogen and oxygen atoms in total. The number of hydrogen-bond donors (Lipinski definition) is 0. The molecule has 1 amide bonds. The molecule has 4 rings (SSSR count). The van der Waals surface area contributed by atoms with E-state index >= 15 is 0 Å². The maximum Gasteiger partial charge on any atom is 0.223 e. The Kier molecular flexibility index (Phi) is 6.21. The summed E-state index contributed by atoms with van der Waals surface area (Å²) < 4.78 is 29.8. The summed E-state index contributed by atoms with van der Waals surface area (Å²) in [5, 5.41) is 0. The highest BCUT2D eigenvalue weighted by atomic mass is 19.1. The minimum absolute atomic E-state index is 0.0445. The average molecular weight is 424 g/mol. The molecule has 3 aromatic rings. The number of oxazole rings is 1. The Morgan fingerprint density at radius 2 is 2.00 bits per heavy atom.